The highest BCUT2D eigenvalue weighted by Crippen LogP contribution is 2.60. The highest BCUT2D eigenvalue weighted by Gasteiger charge is 2.61. The van der Waals surface area contributed by atoms with Crippen molar-refractivity contribution in [2.24, 2.45) is 11.8 Å². The van der Waals surface area contributed by atoms with Crippen molar-refractivity contribution in [3.63, 3.8) is 0 Å². The molecule has 1 fully saturated rings. The van der Waals surface area contributed by atoms with E-state index in [1.807, 2.05) is 54.6 Å². The standard InChI is InChI=1S/C28H23NO4/c30-22(16-17-8-2-1-3-9-17)33-15-14-29-27(31)25-23-18-10-4-5-11-19(18)24(26(25)28(29)32)21-13-7-6-12-20(21)23/h1-13,23-26H,14-16H2/t23?,24?,25-,26-/m1/s1. The molecule has 1 saturated heterocycles. The van der Waals surface area contributed by atoms with Gasteiger partial charge in [-0.3, -0.25) is 19.3 Å². The van der Waals surface area contributed by atoms with E-state index in [9.17, 15) is 14.4 Å². The first-order valence-electron chi connectivity index (χ1n) is 11.4. The first-order valence-corrected chi connectivity index (χ1v) is 11.4. The summed E-state index contributed by atoms with van der Waals surface area (Å²) in [5.74, 6) is -1.69. The van der Waals surface area contributed by atoms with Crippen LogP contribution in [0.2, 0.25) is 0 Å². The summed E-state index contributed by atoms with van der Waals surface area (Å²) in [7, 11) is 0. The van der Waals surface area contributed by atoms with Crippen LogP contribution in [0.1, 0.15) is 39.7 Å². The number of benzene rings is 3. The predicted octanol–water partition coefficient (Wildman–Crippen LogP) is 3.66. The lowest BCUT2D eigenvalue weighted by molar-refractivity contribution is -0.148. The van der Waals surface area contributed by atoms with Gasteiger partial charge in [0.25, 0.3) is 0 Å². The summed E-state index contributed by atoms with van der Waals surface area (Å²) in [4.78, 5) is 40.5. The third-order valence-electron chi connectivity index (χ3n) is 7.31. The maximum absolute atomic E-state index is 13.5. The van der Waals surface area contributed by atoms with Crippen molar-refractivity contribution in [1.29, 1.82) is 0 Å². The Bertz CT molecular complexity index is 1150. The Morgan fingerprint density at radius 1 is 0.697 bits per heavy atom. The van der Waals surface area contributed by atoms with E-state index < -0.39 is 11.8 Å². The van der Waals surface area contributed by atoms with Crippen LogP contribution in [0.3, 0.4) is 0 Å². The van der Waals surface area contributed by atoms with Gasteiger partial charge in [-0.2, -0.15) is 0 Å². The van der Waals surface area contributed by atoms with Crippen LogP contribution in [-0.4, -0.2) is 35.8 Å². The lowest BCUT2D eigenvalue weighted by Crippen LogP contribution is -2.41. The second kappa shape index (κ2) is 7.69. The van der Waals surface area contributed by atoms with E-state index in [0.29, 0.717) is 0 Å². The fourth-order valence-corrected chi connectivity index (χ4v) is 6.02. The predicted molar refractivity (Wildman–Crippen MR) is 121 cm³/mol. The summed E-state index contributed by atoms with van der Waals surface area (Å²) in [6, 6.07) is 25.7. The number of hydrogen-bond donors (Lipinski definition) is 0. The van der Waals surface area contributed by atoms with Crippen LogP contribution in [0.4, 0.5) is 0 Å². The molecule has 0 spiro atoms. The van der Waals surface area contributed by atoms with Gasteiger partial charge in [0.2, 0.25) is 11.8 Å². The number of carbonyl (C=O) groups is 3. The molecule has 5 heteroatoms. The molecule has 7 rings (SSSR count). The van der Waals surface area contributed by atoms with Crippen molar-refractivity contribution in [3.05, 3.63) is 107 Å². The maximum atomic E-state index is 13.5. The minimum Gasteiger partial charge on any atom is -0.464 e. The van der Waals surface area contributed by atoms with Crippen molar-refractivity contribution in [2.75, 3.05) is 13.2 Å². The number of likely N-dealkylation sites (tertiary alicyclic amines) is 1. The minimum absolute atomic E-state index is 0.0117. The second-order valence-corrected chi connectivity index (χ2v) is 8.98. The van der Waals surface area contributed by atoms with Gasteiger partial charge in [0.05, 0.1) is 24.8 Å². The molecule has 0 aromatic heterocycles. The first kappa shape index (κ1) is 19.9. The molecule has 164 valence electrons. The Kier molecular flexibility index (Phi) is 4.64. The van der Waals surface area contributed by atoms with Crippen LogP contribution in [0, 0.1) is 11.8 Å². The number of imide groups is 1. The zero-order valence-electron chi connectivity index (χ0n) is 18.0. The van der Waals surface area contributed by atoms with E-state index in [1.165, 1.54) is 4.90 Å². The summed E-state index contributed by atoms with van der Waals surface area (Å²) < 4.78 is 5.37. The quantitative estimate of drug-likeness (QED) is 0.451. The SMILES string of the molecule is O=C(Cc1ccccc1)OCCN1C(=O)[C@@H]2C3c4ccccc4C(c4ccccc43)[C@H]2C1=O. The van der Waals surface area contributed by atoms with Gasteiger partial charge in [-0.25, -0.2) is 0 Å². The van der Waals surface area contributed by atoms with Gasteiger partial charge in [-0.1, -0.05) is 78.9 Å². The van der Waals surface area contributed by atoms with Crippen LogP contribution < -0.4 is 0 Å². The Labute approximate surface area is 192 Å². The third-order valence-corrected chi connectivity index (χ3v) is 7.31. The topological polar surface area (TPSA) is 63.7 Å². The number of carbonyl (C=O) groups excluding carboxylic acids is 3. The summed E-state index contributed by atoms with van der Waals surface area (Å²) in [6.07, 6.45) is 0.169. The molecular formula is C28H23NO4. The molecule has 2 atom stereocenters. The number of rotatable bonds is 5. The molecule has 0 saturated carbocycles. The van der Waals surface area contributed by atoms with Crippen LogP contribution in [0.25, 0.3) is 0 Å². The molecule has 1 aliphatic heterocycles. The van der Waals surface area contributed by atoms with Gasteiger partial charge in [0, 0.05) is 11.8 Å². The minimum atomic E-state index is -0.396. The molecule has 33 heavy (non-hydrogen) atoms. The highest BCUT2D eigenvalue weighted by atomic mass is 16.5. The van der Waals surface area contributed by atoms with Gasteiger partial charge in [0.15, 0.2) is 0 Å². The van der Waals surface area contributed by atoms with E-state index >= 15 is 0 Å². The lowest BCUT2D eigenvalue weighted by Gasteiger charge is -2.45. The number of amides is 2. The third kappa shape index (κ3) is 3.03. The van der Waals surface area contributed by atoms with Crippen LogP contribution in [0.15, 0.2) is 78.9 Å². The molecule has 3 aromatic carbocycles. The molecule has 4 aliphatic rings. The number of hydrogen-bond acceptors (Lipinski definition) is 4. The van der Waals surface area contributed by atoms with Crippen molar-refractivity contribution in [1.82, 2.24) is 4.90 Å². The molecule has 3 aromatic rings. The average molecular weight is 437 g/mol. The molecular weight excluding hydrogens is 414 g/mol. The maximum Gasteiger partial charge on any atom is 0.310 e. The zero-order valence-corrected chi connectivity index (χ0v) is 18.0. The fourth-order valence-electron chi connectivity index (χ4n) is 6.02. The van der Waals surface area contributed by atoms with Crippen LogP contribution in [-0.2, 0) is 25.5 Å². The van der Waals surface area contributed by atoms with Crippen LogP contribution in [0.5, 0.6) is 0 Å². The summed E-state index contributed by atoms with van der Waals surface area (Å²) in [5.41, 5.74) is 5.48. The van der Waals surface area contributed by atoms with E-state index in [2.05, 4.69) is 24.3 Å². The zero-order chi connectivity index (χ0) is 22.5. The largest absolute Gasteiger partial charge is 0.464 e. The van der Waals surface area contributed by atoms with Crippen LogP contribution >= 0.6 is 0 Å². The first-order chi connectivity index (χ1) is 16.1. The Morgan fingerprint density at radius 2 is 1.15 bits per heavy atom. The summed E-state index contributed by atoms with van der Waals surface area (Å²) in [5, 5.41) is 0. The van der Waals surface area contributed by atoms with Gasteiger partial charge >= 0.3 is 5.97 Å². The lowest BCUT2D eigenvalue weighted by atomic mass is 9.55. The summed E-state index contributed by atoms with van der Waals surface area (Å²) in [6.45, 7) is 0.106. The molecule has 0 N–H and O–H groups in total. The highest BCUT2D eigenvalue weighted by molar-refractivity contribution is 6.07. The van der Waals surface area contributed by atoms with Crippen molar-refractivity contribution >= 4 is 17.8 Å². The van der Waals surface area contributed by atoms with Gasteiger partial charge in [0.1, 0.15) is 6.61 Å². The van der Waals surface area contributed by atoms with Gasteiger partial charge in [-0.05, 0) is 27.8 Å². The van der Waals surface area contributed by atoms with E-state index in [4.69, 9.17) is 4.74 Å². The Morgan fingerprint density at radius 3 is 1.64 bits per heavy atom. The number of ether oxygens (including phenoxy) is 1. The molecule has 2 bridgehead atoms. The Balaban J connectivity index is 1.23. The smallest absolute Gasteiger partial charge is 0.310 e. The molecule has 3 aliphatic carbocycles. The molecule has 0 unspecified atom stereocenters. The van der Waals surface area contributed by atoms with Crippen molar-refractivity contribution in [3.8, 4) is 0 Å². The van der Waals surface area contributed by atoms with E-state index in [1.54, 1.807) is 0 Å². The Hall–Kier alpha value is -3.73. The molecule has 5 nitrogen and oxygen atoms in total. The molecule has 2 amide bonds. The number of nitrogens with zero attached hydrogens (tertiary/aromatic N) is 1. The van der Waals surface area contributed by atoms with Crippen molar-refractivity contribution in [2.45, 2.75) is 18.3 Å². The van der Waals surface area contributed by atoms with Gasteiger partial charge < -0.3 is 4.74 Å². The van der Waals surface area contributed by atoms with E-state index in [0.717, 1.165) is 27.8 Å². The average Bonchev–Trinajstić information content (AvgIpc) is 3.10. The number of esters is 1. The summed E-state index contributed by atoms with van der Waals surface area (Å²) >= 11 is 0. The molecule has 1 heterocycles. The van der Waals surface area contributed by atoms with E-state index in [-0.39, 0.29) is 49.2 Å². The monoisotopic (exact) mass is 437 g/mol. The normalized spacial score (nSPS) is 24.3. The molecule has 0 radical (unpaired) electrons. The van der Waals surface area contributed by atoms with Crippen molar-refractivity contribution < 1.29 is 19.1 Å². The van der Waals surface area contributed by atoms with Gasteiger partial charge in [-0.15, -0.1) is 0 Å². The second-order valence-electron chi connectivity index (χ2n) is 8.98. The fraction of sp³-hybridized carbons (Fsp3) is 0.250.